The van der Waals surface area contributed by atoms with Gasteiger partial charge in [0.15, 0.2) is 0 Å². The number of hydrogen-bond donors (Lipinski definition) is 1. The summed E-state index contributed by atoms with van der Waals surface area (Å²) in [6.45, 7) is 2.21. The molecule has 1 saturated heterocycles. The van der Waals surface area contributed by atoms with Crippen molar-refractivity contribution in [2.24, 2.45) is 5.73 Å². The molecule has 1 unspecified atom stereocenters. The molecule has 0 aromatic heterocycles. The highest BCUT2D eigenvalue weighted by Crippen LogP contribution is 2.18. The maximum absolute atomic E-state index is 12.4. The smallest absolute Gasteiger partial charge is 0.281 e. The van der Waals surface area contributed by atoms with E-state index in [1.54, 1.807) is 11.4 Å². The molecule has 1 aliphatic heterocycles. The lowest BCUT2D eigenvalue weighted by atomic mass is 10.1. The topological polar surface area (TPSA) is 69.9 Å². The molecular formula is C11H26N4O2S. The Morgan fingerprint density at radius 1 is 1.33 bits per heavy atom. The predicted octanol–water partition coefficient (Wildman–Crippen LogP) is -0.462. The minimum absolute atomic E-state index is 0.316. The largest absolute Gasteiger partial charge is 0.330 e. The predicted molar refractivity (Wildman–Crippen MR) is 73.5 cm³/mol. The van der Waals surface area contributed by atoms with E-state index in [1.165, 1.54) is 4.31 Å². The van der Waals surface area contributed by atoms with Crippen molar-refractivity contribution in [3.63, 3.8) is 0 Å². The summed E-state index contributed by atoms with van der Waals surface area (Å²) in [6, 6.07) is 0.316. The zero-order chi connectivity index (χ0) is 13.8. The van der Waals surface area contributed by atoms with Crippen molar-refractivity contribution in [3.05, 3.63) is 0 Å². The van der Waals surface area contributed by atoms with Crippen LogP contribution in [0.15, 0.2) is 0 Å². The third kappa shape index (κ3) is 3.89. The molecule has 0 bridgehead atoms. The molecule has 7 heteroatoms. The zero-order valence-electron chi connectivity index (χ0n) is 11.7. The second kappa shape index (κ2) is 6.81. The van der Waals surface area contributed by atoms with Gasteiger partial charge in [0.05, 0.1) is 0 Å². The van der Waals surface area contributed by atoms with Gasteiger partial charge in [-0.2, -0.15) is 17.0 Å². The first-order valence-corrected chi connectivity index (χ1v) is 7.87. The molecule has 2 N–H and O–H groups in total. The minimum atomic E-state index is -3.32. The highest BCUT2D eigenvalue weighted by atomic mass is 32.2. The van der Waals surface area contributed by atoms with Crippen LogP contribution in [-0.4, -0.2) is 75.3 Å². The monoisotopic (exact) mass is 278 g/mol. The van der Waals surface area contributed by atoms with Gasteiger partial charge in [-0.25, -0.2) is 0 Å². The van der Waals surface area contributed by atoms with Gasteiger partial charge in [-0.05, 0) is 39.9 Å². The van der Waals surface area contributed by atoms with E-state index >= 15 is 0 Å². The van der Waals surface area contributed by atoms with Crippen molar-refractivity contribution in [1.82, 2.24) is 13.5 Å². The fourth-order valence-electron chi connectivity index (χ4n) is 2.18. The van der Waals surface area contributed by atoms with Crippen LogP contribution in [0.25, 0.3) is 0 Å². The van der Waals surface area contributed by atoms with E-state index in [-0.39, 0.29) is 0 Å². The van der Waals surface area contributed by atoms with Crippen LogP contribution >= 0.6 is 0 Å². The van der Waals surface area contributed by atoms with E-state index in [9.17, 15) is 8.42 Å². The standard InChI is InChI=1S/C11H26N4O2S/c1-13(2)11-6-4-9-15(10-11)18(16,17)14(3)8-5-7-12/h11H,4-10,12H2,1-3H3. The Balaban J connectivity index is 2.66. The van der Waals surface area contributed by atoms with Crippen LogP contribution in [0, 0.1) is 0 Å². The van der Waals surface area contributed by atoms with Crippen molar-refractivity contribution in [2.45, 2.75) is 25.3 Å². The fourth-order valence-corrected chi connectivity index (χ4v) is 3.65. The van der Waals surface area contributed by atoms with E-state index in [1.807, 2.05) is 14.1 Å². The molecule has 18 heavy (non-hydrogen) atoms. The lowest BCUT2D eigenvalue weighted by molar-refractivity contribution is 0.184. The van der Waals surface area contributed by atoms with Gasteiger partial charge < -0.3 is 10.6 Å². The van der Waals surface area contributed by atoms with Gasteiger partial charge in [0, 0.05) is 32.7 Å². The van der Waals surface area contributed by atoms with Gasteiger partial charge in [0.1, 0.15) is 0 Å². The van der Waals surface area contributed by atoms with Crippen LogP contribution in [0.4, 0.5) is 0 Å². The minimum Gasteiger partial charge on any atom is -0.330 e. The molecule has 0 aromatic carbocycles. The number of rotatable bonds is 6. The van der Waals surface area contributed by atoms with E-state index in [0.29, 0.717) is 38.6 Å². The summed E-state index contributed by atoms with van der Waals surface area (Å²) < 4.78 is 27.7. The maximum Gasteiger partial charge on any atom is 0.281 e. The molecule has 108 valence electrons. The maximum atomic E-state index is 12.4. The Kier molecular flexibility index (Phi) is 6.00. The summed E-state index contributed by atoms with van der Waals surface area (Å²) in [5.41, 5.74) is 5.42. The van der Waals surface area contributed by atoms with Crippen LogP contribution in [0.5, 0.6) is 0 Å². The van der Waals surface area contributed by atoms with E-state index in [0.717, 1.165) is 12.8 Å². The third-order valence-electron chi connectivity index (χ3n) is 3.49. The zero-order valence-corrected chi connectivity index (χ0v) is 12.5. The molecule has 1 heterocycles. The van der Waals surface area contributed by atoms with Gasteiger partial charge in [-0.3, -0.25) is 0 Å². The molecule has 1 rings (SSSR count). The molecule has 0 spiro atoms. The van der Waals surface area contributed by atoms with Crippen LogP contribution in [0.3, 0.4) is 0 Å². The summed E-state index contributed by atoms with van der Waals surface area (Å²) in [5.74, 6) is 0. The highest BCUT2D eigenvalue weighted by Gasteiger charge is 2.32. The molecule has 1 aliphatic rings. The first-order chi connectivity index (χ1) is 8.39. The molecule has 0 aliphatic carbocycles. The van der Waals surface area contributed by atoms with Crippen molar-refractivity contribution in [1.29, 1.82) is 0 Å². The Labute approximate surface area is 111 Å². The van der Waals surface area contributed by atoms with Gasteiger partial charge in [0.2, 0.25) is 0 Å². The number of nitrogens with zero attached hydrogens (tertiary/aromatic N) is 3. The van der Waals surface area contributed by atoms with E-state index in [4.69, 9.17) is 5.73 Å². The molecule has 6 nitrogen and oxygen atoms in total. The summed E-state index contributed by atoms with van der Waals surface area (Å²) in [5, 5.41) is 0. The third-order valence-corrected chi connectivity index (χ3v) is 5.44. The Morgan fingerprint density at radius 2 is 2.00 bits per heavy atom. The Morgan fingerprint density at radius 3 is 2.56 bits per heavy atom. The van der Waals surface area contributed by atoms with Crippen molar-refractivity contribution < 1.29 is 8.42 Å². The SMILES string of the molecule is CN(C)C1CCCN(S(=O)(=O)N(C)CCCN)C1. The van der Waals surface area contributed by atoms with E-state index in [2.05, 4.69) is 4.90 Å². The quantitative estimate of drug-likeness (QED) is 0.714. The van der Waals surface area contributed by atoms with Gasteiger partial charge in [0.25, 0.3) is 10.2 Å². The highest BCUT2D eigenvalue weighted by molar-refractivity contribution is 7.86. The summed E-state index contributed by atoms with van der Waals surface area (Å²) in [4.78, 5) is 2.10. The fraction of sp³-hybridized carbons (Fsp3) is 1.00. The molecular weight excluding hydrogens is 252 g/mol. The number of likely N-dealkylation sites (N-methyl/N-ethyl adjacent to an activating group) is 1. The van der Waals surface area contributed by atoms with Crippen LogP contribution in [0.1, 0.15) is 19.3 Å². The first kappa shape index (κ1) is 15.8. The van der Waals surface area contributed by atoms with Gasteiger partial charge in [-0.15, -0.1) is 0 Å². The van der Waals surface area contributed by atoms with E-state index < -0.39 is 10.2 Å². The molecule has 0 saturated carbocycles. The second-order valence-corrected chi connectivity index (χ2v) is 7.12. The van der Waals surface area contributed by atoms with Gasteiger partial charge >= 0.3 is 0 Å². The normalized spacial score (nSPS) is 22.9. The molecule has 1 fully saturated rings. The van der Waals surface area contributed by atoms with Crippen LogP contribution < -0.4 is 5.73 Å². The Bertz CT molecular complexity index is 345. The van der Waals surface area contributed by atoms with Crippen LogP contribution in [-0.2, 0) is 10.2 Å². The summed E-state index contributed by atoms with van der Waals surface area (Å²) in [6.07, 6.45) is 2.68. The molecule has 1 atom stereocenters. The Hall–Kier alpha value is -0.210. The first-order valence-electron chi connectivity index (χ1n) is 6.47. The van der Waals surface area contributed by atoms with Gasteiger partial charge in [-0.1, -0.05) is 0 Å². The lowest BCUT2D eigenvalue weighted by Gasteiger charge is -2.37. The number of hydrogen-bond acceptors (Lipinski definition) is 4. The van der Waals surface area contributed by atoms with Crippen molar-refractivity contribution in [2.75, 3.05) is 47.3 Å². The number of piperidine rings is 1. The second-order valence-electron chi connectivity index (χ2n) is 5.09. The van der Waals surface area contributed by atoms with Crippen molar-refractivity contribution >= 4 is 10.2 Å². The average molecular weight is 278 g/mol. The summed E-state index contributed by atoms with van der Waals surface area (Å²) >= 11 is 0. The van der Waals surface area contributed by atoms with Crippen LogP contribution in [0.2, 0.25) is 0 Å². The number of nitrogens with two attached hydrogens (primary N) is 1. The van der Waals surface area contributed by atoms with Crippen molar-refractivity contribution in [3.8, 4) is 0 Å². The average Bonchev–Trinajstić information content (AvgIpc) is 2.35. The molecule has 0 radical (unpaired) electrons. The lowest BCUT2D eigenvalue weighted by Crippen LogP contribution is -2.51. The summed E-state index contributed by atoms with van der Waals surface area (Å²) in [7, 11) is 2.31. The molecule has 0 amide bonds. The molecule has 0 aromatic rings.